The van der Waals surface area contributed by atoms with E-state index >= 15 is 0 Å². The van der Waals surface area contributed by atoms with Crippen LogP contribution in [0.1, 0.15) is 12.3 Å². The molecule has 2 N–H and O–H groups in total. The van der Waals surface area contributed by atoms with E-state index in [1.54, 1.807) is 30.3 Å². The minimum Gasteiger partial charge on any atom is -0.378 e. The van der Waals surface area contributed by atoms with E-state index < -0.39 is 32.0 Å². The number of hydrazine groups is 1. The van der Waals surface area contributed by atoms with Crippen molar-refractivity contribution in [3.05, 3.63) is 30.3 Å². The molecule has 22 heavy (non-hydrogen) atoms. The molecule has 1 aromatic carbocycles. The fourth-order valence-corrected chi connectivity index (χ4v) is 1.93. The van der Waals surface area contributed by atoms with Crippen LogP contribution in [0.4, 0.5) is 5.95 Å². The maximum Gasteiger partial charge on any atom is 0.256 e. The zero-order valence-electron chi connectivity index (χ0n) is 20.5. The molecule has 2 aliphatic rings. The van der Waals surface area contributed by atoms with Crippen LogP contribution in [-0.2, 0) is 4.74 Å². The maximum atomic E-state index is 8.37. The minimum atomic E-state index is -3.14. The average Bonchev–Trinajstić information content (AvgIpc) is 3.12. The molecule has 116 valence electrons. The number of hydrogen-bond donors (Lipinski definition) is 2. The Hall–Kier alpha value is -1.96. The van der Waals surface area contributed by atoms with Crippen molar-refractivity contribution >= 4 is 5.95 Å². The van der Waals surface area contributed by atoms with E-state index in [9.17, 15) is 0 Å². The van der Waals surface area contributed by atoms with Crippen LogP contribution in [-0.4, -0.2) is 70.3 Å². The Bertz CT molecular complexity index is 937. The van der Waals surface area contributed by atoms with E-state index in [0.29, 0.717) is 11.4 Å². The van der Waals surface area contributed by atoms with Crippen LogP contribution in [0.3, 0.4) is 0 Å². The van der Waals surface area contributed by atoms with Gasteiger partial charge in [-0.1, -0.05) is 30.3 Å². The van der Waals surface area contributed by atoms with E-state index in [4.69, 9.17) is 17.1 Å². The zero-order chi connectivity index (χ0) is 22.9. The van der Waals surface area contributed by atoms with Crippen molar-refractivity contribution in [2.24, 2.45) is 0 Å². The Labute approximate surface area is 141 Å². The predicted molar refractivity (Wildman–Crippen MR) is 83.2 cm³/mol. The van der Waals surface area contributed by atoms with Crippen LogP contribution < -0.4 is 5.43 Å². The summed E-state index contributed by atoms with van der Waals surface area (Å²) in [6.45, 7) is -13.3. The molecule has 0 bridgehead atoms. The first-order chi connectivity index (χ1) is 14.2. The Morgan fingerprint density at radius 3 is 2.68 bits per heavy atom. The number of H-pyrrole nitrogens is 1. The molecule has 0 unspecified atom stereocenters. The van der Waals surface area contributed by atoms with Gasteiger partial charge in [-0.25, -0.2) is 5.01 Å². The standard InChI is InChI=1S/C15H20N6O/c1-2-4-12(5-3-1)14-16-15(18-17-14)19-21-8-6-20(7-9-21)13-10-22-11-13/h1-5,13H,6-11H2,(H2,16,17,18,19)/i6D2,7D2,8D2,9D2,13D. The Kier molecular flexibility index (Phi) is 1.94. The second kappa shape index (κ2) is 6.04. The summed E-state index contributed by atoms with van der Waals surface area (Å²) < 4.78 is 80.1. The largest absolute Gasteiger partial charge is 0.378 e. The molecule has 0 spiro atoms. The molecule has 2 aliphatic heterocycles. The minimum absolute atomic E-state index is 0.192. The van der Waals surface area contributed by atoms with Crippen molar-refractivity contribution in [1.82, 2.24) is 25.1 Å². The number of aromatic amines is 1. The van der Waals surface area contributed by atoms with Crippen molar-refractivity contribution in [3.63, 3.8) is 0 Å². The van der Waals surface area contributed by atoms with Gasteiger partial charge < -0.3 is 4.74 Å². The number of nitrogens with one attached hydrogen (secondary N) is 2. The van der Waals surface area contributed by atoms with Crippen LogP contribution in [0.2, 0.25) is 0 Å². The molecule has 0 radical (unpaired) electrons. The van der Waals surface area contributed by atoms with Gasteiger partial charge >= 0.3 is 0 Å². The number of ether oxygens (including phenoxy) is 1. The number of benzene rings is 1. The molecule has 0 amide bonds. The van der Waals surface area contributed by atoms with Crippen LogP contribution in [0.25, 0.3) is 11.4 Å². The highest BCUT2D eigenvalue weighted by atomic mass is 16.5. The molecule has 2 aromatic rings. The van der Waals surface area contributed by atoms with Gasteiger partial charge in [0.25, 0.3) is 5.95 Å². The lowest BCUT2D eigenvalue weighted by atomic mass is 10.2. The van der Waals surface area contributed by atoms with E-state index in [-0.39, 0.29) is 29.1 Å². The summed E-state index contributed by atoms with van der Waals surface area (Å²) >= 11 is 0. The van der Waals surface area contributed by atoms with Crippen LogP contribution in [0.15, 0.2) is 30.3 Å². The van der Waals surface area contributed by atoms with Crippen molar-refractivity contribution in [1.29, 1.82) is 0 Å². The van der Waals surface area contributed by atoms with Crippen LogP contribution in [0.5, 0.6) is 0 Å². The van der Waals surface area contributed by atoms with Gasteiger partial charge in [0.1, 0.15) is 0 Å². The van der Waals surface area contributed by atoms with Crippen molar-refractivity contribution in [2.75, 3.05) is 44.6 Å². The van der Waals surface area contributed by atoms with Crippen molar-refractivity contribution in [3.8, 4) is 11.4 Å². The summed E-state index contributed by atoms with van der Waals surface area (Å²) in [6.07, 6.45) is 0. The molecule has 3 heterocycles. The third-order valence-electron chi connectivity index (χ3n) is 3.15. The van der Waals surface area contributed by atoms with Crippen molar-refractivity contribution < 1.29 is 17.1 Å². The van der Waals surface area contributed by atoms with Gasteiger partial charge in [-0.3, -0.25) is 15.4 Å². The molecular formula is C15H20N6O. The first-order valence-corrected chi connectivity index (χ1v) is 6.68. The molecule has 7 nitrogen and oxygen atoms in total. The van der Waals surface area contributed by atoms with Crippen LogP contribution in [0, 0.1) is 0 Å². The monoisotopic (exact) mass is 309 g/mol. The number of aromatic nitrogens is 3. The number of rotatable bonds is 4. The normalized spacial score (nSPS) is 37.4. The molecule has 4 rings (SSSR count). The molecule has 7 heteroatoms. The molecule has 1 aromatic heterocycles. The predicted octanol–water partition coefficient (Wildman–Crippen LogP) is 0.815. The maximum absolute atomic E-state index is 8.37. The number of nitrogens with zero attached hydrogens (tertiary/aromatic N) is 4. The number of anilines is 1. The van der Waals surface area contributed by atoms with E-state index in [1.807, 2.05) is 0 Å². The third-order valence-corrected chi connectivity index (χ3v) is 3.15. The Morgan fingerprint density at radius 2 is 2.00 bits per heavy atom. The summed E-state index contributed by atoms with van der Waals surface area (Å²) in [6, 6.07) is 6.86. The highest BCUT2D eigenvalue weighted by molar-refractivity contribution is 5.55. The van der Waals surface area contributed by atoms with Gasteiger partial charge in [-0.05, 0) is 0 Å². The summed E-state index contributed by atoms with van der Waals surface area (Å²) in [5.74, 6) is 0.0184. The average molecular weight is 309 g/mol. The second-order valence-electron chi connectivity index (χ2n) is 4.66. The van der Waals surface area contributed by atoms with Crippen molar-refractivity contribution in [2.45, 2.75) is 6.02 Å². The summed E-state index contributed by atoms with van der Waals surface area (Å²) in [5, 5.41) is 6.68. The smallest absolute Gasteiger partial charge is 0.256 e. The van der Waals surface area contributed by atoms with Gasteiger partial charge in [0.05, 0.1) is 20.6 Å². The summed E-state index contributed by atoms with van der Waals surface area (Å²) in [4.78, 5) is 4.41. The third kappa shape index (κ3) is 2.83. The lowest BCUT2D eigenvalue weighted by molar-refractivity contribution is -0.0753. The first-order valence-electron chi connectivity index (χ1n) is 11.2. The van der Waals surface area contributed by atoms with Gasteiger partial charge in [0.15, 0.2) is 5.82 Å². The molecule has 0 aliphatic carbocycles. The fourth-order valence-electron chi connectivity index (χ4n) is 1.93. The Morgan fingerprint density at radius 1 is 1.23 bits per heavy atom. The van der Waals surface area contributed by atoms with Gasteiger partial charge in [-0.2, -0.15) is 4.98 Å². The highest BCUT2D eigenvalue weighted by Gasteiger charge is 2.29. The number of hydrogen-bond acceptors (Lipinski definition) is 6. The zero-order valence-corrected chi connectivity index (χ0v) is 11.5. The highest BCUT2D eigenvalue weighted by Crippen LogP contribution is 2.16. The fraction of sp³-hybridized carbons (Fsp3) is 0.467. The first kappa shape index (κ1) is 7.08. The lowest BCUT2D eigenvalue weighted by Crippen LogP contribution is -2.57. The Balaban J connectivity index is 1.72. The quantitative estimate of drug-likeness (QED) is 0.871. The van der Waals surface area contributed by atoms with E-state index in [1.165, 1.54) is 0 Å². The van der Waals surface area contributed by atoms with Crippen LogP contribution >= 0.6 is 0 Å². The van der Waals surface area contributed by atoms with Gasteiger partial charge in [0.2, 0.25) is 0 Å². The topological polar surface area (TPSA) is 69.3 Å². The van der Waals surface area contributed by atoms with Gasteiger partial charge in [-0.15, -0.1) is 5.10 Å². The molecule has 2 saturated heterocycles. The molecule has 0 atom stereocenters. The molecular weight excluding hydrogens is 280 g/mol. The molecule has 0 saturated carbocycles. The van der Waals surface area contributed by atoms with Gasteiger partial charge in [0, 0.05) is 42.5 Å². The SMILES string of the molecule is [2H]C1(N2C([2H])([2H])C([2H])([2H])N(Nc3n[nH]c(-c4ccccc4)n3)C([2H])([2H])C2([2H])[2H])COC1. The lowest BCUT2D eigenvalue weighted by Gasteiger charge is -2.42. The number of piperazine rings is 1. The molecule has 2 fully saturated rings. The van der Waals surface area contributed by atoms with E-state index in [0.717, 1.165) is 0 Å². The summed E-state index contributed by atoms with van der Waals surface area (Å²) in [5.41, 5.74) is 2.96. The van der Waals surface area contributed by atoms with E-state index in [2.05, 4.69) is 20.6 Å². The second-order valence-corrected chi connectivity index (χ2v) is 4.66. The summed E-state index contributed by atoms with van der Waals surface area (Å²) in [7, 11) is 0.